The molecule has 2 aromatic rings. The highest BCUT2D eigenvalue weighted by molar-refractivity contribution is 6.31. The molecule has 1 aliphatic rings. The molecule has 0 unspecified atom stereocenters. The number of hydrogen-bond donors (Lipinski definition) is 1. The van der Waals surface area contributed by atoms with Crippen molar-refractivity contribution < 1.29 is 14.3 Å². The van der Waals surface area contributed by atoms with Crippen molar-refractivity contribution in [3.8, 4) is 11.5 Å². The van der Waals surface area contributed by atoms with E-state index in [9.17, 15) is 4.79 Å². The van der Waals surface area contributed by atoms with Gasteiger partial charge in [-0.3, -0.25) is 4.90 Å². The number of fused-ring (bicyclic) bond motifs is 1. The summed E-state index contributed by atoms with van der Waals surface area (Å²) in [6, 6.07) is 12.2. The number of methoxy groups -OCH3 is 1. The Morgan fingerprint density at radius 3 is 3.00 bits per heavy atom. The first-order chi connectivity index (χ1) is 10.7. The molecule has 2 aromatic carbocycles. The number of carbonyl (C=O) groups is 1. The van der Waals surface area contributed by atoms with Crippen molar-refractivity contribution in [1.82, 2.24) is 0 Å². The van der Waals surface area contributed by atoms with Crippen LogP contribution in [0, 0.1) is 0 Å². The first kappa shape index (κ1) is 14.5. The van der Waals surface area contributed by atoms with Gasteiger partial charge in [0.2, 0.25) is 0 Å². The Balaban J connectivity index is 1.83. The number of benzene rings is 2. The summed E-state index contributed by atoms with van der Waals surface area (Å²) >= 11 is 6.02. The molecule has 22 heavy (non-hydrogen) atoms. The summed E-state index contributed by atoms with van der Waals surface area (Å²) in [7, 11) is 1.58. The molecule has 0 bridgehead atoms. The average Bonchev–Trinajstić information content (AvgIpc) is 2.54. The monoisotopic (exact) mass is 318 g/mol. The number of nitrogens with zero attached hydrogens (tertiary/aromatic N) is 1. The van der Waals surface area contributed by atoms with E-state index < -0.39 is 0 Å². The van der Waals surface area contributed by atoms with Crippen LogP contribution in [0.5, 0.6) is 11.5 Å². The summed E-state index contributed by atoms with van der Waals surface area (Å²) in [6.07, 6.45) is 0. The van der Waals surface area contributed by atoms with Crippen molar-refractivity contribution in [3.63, 3.8) is 0 Å². The molecule has 0 aliphatic carbocycles. The Bertz CT molecular complexity index is 706. The van der Waals surface area contributed by atoms with Crippen molar-refractivity contribution in [1.29, 1.82) is 0 Å². The quantitative estimate of drug-likeness (QED) is 0.916. The Kier molecular flexibility index (Phi) is 4.06. The minimum atomic E-state index is -0.236. The average molecular weight is 319 g/mol. The number of amides is 2. The van der Waals surface area contributed by atoms with Gasteiger partial charge in [0.15, 0.2) is 0 Å². The van der Waals surface area contributed by atoms with Crippen molar-refractivity contribution in [2.24, 2.45) is 0 Å². The van der Waals surface area contributed by atoms with Crippen LogP contribution in [0.1, 0.15) is 0 Å². The predicted molar refractivity (Wildman–Crippen MR) is 86.3 cm³/mol. The molecule has 0 aromatic heterocycles. The van der Waals surface area contributed by atoms with Crippen molar-refractivity contribution >= 4 is 29.0 Å². The third kappa shape index (κ3) is 2.94. The van der Waals surface area contributed by atoms with Gasteiger partial charge < -0.3 is 14.8 Å². The summed E-state index contributed by atoms with van der Waals surface area (Å²) in [5.41, 5.74) is 1.33. The summed E-state index contributed by atoms with van der Waals surface area (Å²) < 4.78 is 10.7. The van der Waals surface area contributed by atoms with Crippen molar-refractivity contribution in [2.45, 2.75) is 0 Å². The van der Waals surface area contributed by atoms with Crippen LogP contribution in [-0.2, 0) is 0 Å². The predicted octanol–water partition coefficient (Wildman–Crippen LogP) is 3.78. The lowest BCUT2D eigenvalue weighted by Gasteiger charge is -2.29. The van der Waals surface area contributed by atoms with Crippen LogP contribution >= 0.6 is 11.6 Å². The van der Waals surface area contributed by atoms with Gasteiger partial charge >= 0.3 is 6.03 Å². The highest BCUT2D eigenvalue weighted by atomic mass is 35.5. The normalized spacial score (nSPS) is 13.1. The molecule has 2 amide bonds. The lowest BCUT2D eigenvalue weighted by molar-refractivity contribution is 0.250. The molecule has 3 rings (SSSR count). The molecule has 5 nitrogen and oxygen atoms in total. The number of ether oxygens (including phenoxy) is 2. The maximum atomic E-state index is 12.5. The van der Waals surface area contributed by atoms with E-state index in [-0.39, 0.29) is 6.03 Å². The van der Waals surface area contributed by atoms with Gasteiger partial charge in [-0.05, 0) is 30.3 Å². The number of hydrogen-bond acceptors (Lipinski definition) is 3. The maximum absolute atomic E-state index is 12.5. The Labute approximate surface area is 133 Å². The molecule has 1 heterocycles. The zero-order chi connectivity index (χ0) is 15.5. The van der Waals surface area contributed by atoms with Gasteiger partial charge in [0.05, 0.1) is 19.3 Å². The van der Waals surface area contributed by atoms with Crippen LogP contribution < -0.4 is 19.7 Å². The Morgan fingerprint density at radius 2 is 2.18 bits per heavy atom. The van der Waals surface area contributed by atoms with Crippen molar-refractivity contribution in [3.05, 3.63) is 47.5 Å². The minimum absolute atomic E-state index is 0.236. The topological polar surface area (TPSA) is 50.8 Å². The molecule has 6 heteroatoms. The highest BCUT2D eigenvalue weighted by Crippen LogP contribution is 2.34. The SMILES string of the molecule is COc1cccc(NC(=O)N2CCOc3ccc(Cl)cc32)c1. The van der Waals surface area contributed by atoms with Crippen LogP contribution in [0.15, 0.2) is 42.5 Å². The molecule has 114 valence electrons. The first-order valence-corrected chi connectivity index (χ1v) is 7.20. The number of halogens is 1. The maximum Gasteiger partial charge on any atom is 0.326 e. The smallest absolute Gasteiger partial charge is 0.326 e. The second-order valence-corrected chi connectivity index (χ2v) is 5.21. The molecule has 0 fully saturated rings. The van der Waals surface area contributed by atoms with E-state index in [0.717, 1.165) is 0 Å². The van der Waals surface area contributed by atoms with Gasteiger partial charge in [-0.1, -0.05) is 17.7 Å². The second kappa shape index (κ2) is 6.15. The highest BCUT2D eigenvalue weighted by Gasteiger charge is 2.24. The molecule has 0 radical (unpaired) electrons. The molecule has 1 N–H and O–H groups in total. The molecular formula is C16H15ClN2O3. The largest absolute Gasteiger partial charge is 0.497 e. The minimum Gasteiger partial charge on any atom is -0.497 e. The number of anilines is 2. The number of rotatable bonds is 2. The van der Waals surface area contributed by atoms with Gasteiger partial charge in [0.25, 0.3) is 0 Å². The van der Waals surface area contributed by atoms with E-state index >= 15 is 0 Å². The van der Waals surface area contributed by atoms with Crippen LogP contribution in [-0.4, -0.2) is 26.3 Å². The Hall–Kier alpha value is -2.40. The second-order valence-electron chi connectivity index (χ2n) is 4.77. The van der Waals surface area contributed by atoms with Crippen molar-refractivity contribution in [2.75, 3.05) is 30.5 Å². The van der Waals surface area contributed by atoms with Gasteiger partial charge in [-0.15, -0.1) is 0 Å². The van der Waals surface area contributed by atoms with Crippen LogP contribution in [0.4, 0.5) is 16.2 Å². The molecule has 0 spiro atoms. The summed E-state index contributed by atoms with van der Waals surface area (Å²) in [5.74, 6) is 1.33. The summed E-state index contributed by atoms with van der Waals surface area (Å²) in [5, 5.41) is 3.41. The Morgan fingerprint density at radius 1 is 1.32 bits per heavy atom. The first-order valence-electron chi connectivity index (χ1n) is 6.82. The lowest BCUT2D eigenvalue weighted by Crippen LogP contribution is -2.40. The third-order valence-electron chi connectivity index (χ3n) is 3.35. The van der Waals surface area contributed by atoms with Crippen LogP contribution in [0.2, 0.25) is 5.02 Å². The zero-order valence-electron chi connectivity index (χ0n) is 12.0. The molecule has 0 saturated heterocycles. The fourth-order valence-corrected chi connectivity index (χ4v) is 2.46. The summed E-state index contributed by atoms with van der Waals surface area (Å²) in [4.78, 5) is 14.1. The van der Waals surface area contributed by atoms with Gasteiger partial charge in [-0.25, -0.2) is 4.79 Å². The molecule has 1 aliphatic heterocycles. The number of carbonyl (C=O) groups excluding carboxylic acids is 1. The van der Waals surface area contributed by atoms with Gasteiger partial charge in [-0.2, -0.15) is 0 Å². The third-order valence-corrected chi connectivity index (χ3v) is 3.59. The molecule has 0 atom stereocenters. The van der Waals surface area contributed by atoms with E-state index in [2.05, 4.69) is 5.32 Å². The van der Waals surface area contributed by atoms with E-state index in [1.165, 1.54) is 0 Å². The number of nitrogens with one attached hydrogen (secondary N) is 1. The van der Waals surface area contributed by atoms with E-state index in [4.69, 9.17) is 21.1 Å². The van der Waals surface area contributed by atoms with Crippen LogP contribution in [0.25, 0.3) is 0 Å². The van der Waals surface area contributed by atoms with Gasteiger partial charge in [0.1, 0.15) is 18.1 Å². The fraction of sp³-hybridized carbons (Fsp3) is 0.188. The molecular weight excluding hydrogens is 304 g/mol. The number of urea groups is 1. The van der Waals surface area contributed by atoms with E-state index in [0.29, 0.717) is 41.0 Å². The fourth-order valence-electron chi connectivity index (χ4n) is 2.29. The van der Waals surface area contributed by atoms with Gasteiger partial charge in [0, 0.05) is 16.8 Å². The van der Waals surface area contributed by atoms with Crippen LogP contribution in [0.3, 0.4) is 0 Å². The molecule has 0 saturated carbocycles. The summed E-state index contributed by atoms with van der Waals surface area (Å²) in [6.45, 7) is 0.906. The lowest BCUT2D eigenvalue weighted by atomic mass is 10.2. The standard InChI is InChI=1S/C16H15ClN2O3/c1-21-13-4-2-3-12(10-13)18-16(20)19-7-8-22-15-6-5-11(17)9-14(15)19/h2-6,9-10H,7-8H2,1H3,(H,18,20). The van der Waals surface area contributed by atoms with E-state index in [1.54, 1.807) is 42.3 Å². The van der Waals surface area contributed by atoms with E-state index in [1.807, 2.05) is 12.1 Å². The zero-order valence-corrected chi connectivity index (χ0v) is 12.8.